The van der Waals surface area contributed by atoms with Gasteiger partial charge in [0.05, 0.1) is 0 Å². The lowest BCUT2D eigenvalue weighted by atomic mass is 10.3. The first-order chi connectivity index (χ1) is 10.2. The van der Waals surface area contributed by atoms with Crippen molar-refractivity contribution in [1.82, 2.24) is 15.5 Å². The fraction of sp³-hybridized carbons (Fsp3) is 0.500. The van der Waals surface area contributed by atoms with Gasteiger partial charge in [-0.3, -0.25) is 4.79 Å². The normalized spacial score (nSPS) is 15.9. The quantitative estimate of drug-likeness (QED) is 0.877. The van der Waals surface area contributed by atoms with Crippen molar-refractivity contribution in [2.75, 3.05) is 7.11 Å². The van der Waals surface area contributed by atoms with Crippen LogP contribution in [0.15, 0.2) is 21.1 Å². The van der Waals surface area contributed by atoms with E-state index >= 15 is 0 Å². The van der Waals surface area contributed by atoms with Gasteiger partial charge in [0.1, 0.15) is 18.4 Å². The van der Waals surface area contributed by atoms with Crippen LogP contribution in [-0.2, 0) is 11.3 Å². The van der Waals surface area contributed by atoms with E-state index in [2.05, 4.69) is 15.5 Å². The SMILES string of the molecule is COCc1ccc(C(=O)N[C@H](C)c2nc(C3CC3)no2)o1. The molecule has 1 atom stereocenters. The van der Waals surface area contributed by atoms with Gasteiger partial charge >= 0.3 is 0 Å². The summed E-state index contributed by atoms with van der Waals surface area (Å²) in [7, 11) is 1.57. The Labute approximate surface area is 121 Å². The average Bonchev–Trinajstić information content (AvgIpc) is 3.02. The van der Waals surface area contributed by atoms with E-state index in [1.165, 1.54) is 0 Å². The fourth-order valence-electron chi connectivity index (χ4n) is 1.98. The fourth-order valence-corrected chi connectivity index (χ4v) is 1.98. The first kappa shape index (κ1) is 13.8. The maximum atomic E-state index is 12.1. The van der Waals surface area contributed by atoms with Crippen LogP contribution >= 0.6 is 0 Å². The number of hydrogen-bond donors (Lipinski definition) is 1. The van der Waals surface area contributed by atoms with Crippen LogP contribution in [0.4, 0.5) is 0 Å². The van der Waals surface area contributed by atoms with E-state index in [1.54, 1.807) is 26.2 Å². The standard InChI is InChI=1S/C14H17N3O4/c1-8(14-16-12(17-21-14)9-3-4-9)15-13(18)11-6-5-10(20-11)7-19-2/h5-6,8-9H,3-4,7H2,1-2H3,(H,15,18)/t8-/m1/s1. The Morgan fingerprint density at radius 3 is 3.05 bits per heavy atom. The first-order valence-electron chi connectivity index (χ1n) is 6.89. The highest BCUT2D eigenvalue weighted by Crippen LogP contribution is 2.38. The van der Waals surface area contributed by atoms with E-state index in [0.717, 1.165) is 18.7 Å². The van der Waals surface area contributed by atoms with Crippen LogP contribution in [0.2, 0.25) is 0 Å². The van der Waals surface area contributed by atoms with Gasteiger partial charge in [-0.15, -0.1) is 0 Å². The number of hydrogen-bond acceptors (Lipinski definition) is 6. The summed E-state index contributed by atoms with van der Waals surface area (Å²) in [6, 6.07) is 2.95. The van der Waals surface area contributed by atoms with Crippen LogP contribution in [0.5, 0.6) is 0 Å². The smallest absolute Gasteiger partial charge is 0.287 e. The van der Waals surface area contributed by atoms with Crippen molar-refractivity contribution in [3.05, 3.63) is 35.4 Å². The van der Waals surface area contributed by atoms with Gasteiger partial charge in [-0.25, -0.2) is 0 Å². The van der Waals surface area contributed by atoms with Gasteiger partial charge < -0.3 is 19.0 Å². The molecule has 0 unspecified atom stereocenters. The highest BCUT2D eigenvalue weighted by Gasteiger charge is 2.30. The molecule has 0 aromatic carbocycles. The molecule has 0 aliphatic heterocycles. The number of furan rings is 1. The minimum atomic E-state index is -0.367. The number of rotatable bonds is 6. The molecular formula is C14H17N3O4. The molecule has 1 fully saturated rings. The maximum Gasteiger partial charge on any atom is 0.287 e. The zero-order valence-electron chi connectivity index (χ0n) is 12.0. The minimum Gasteiger partial charge on any atom is -0.453 e. The van der Waals surface area contributed by atoms with Crippen molar-refractivity contribution < 1.29 is 18.5 Å². The number of ether oxygens (including phenoxy) is 1. The van der Waals surface area contributed by atoms with Crippen molar-refractivity contribution in [1.29, 1.82) is 0 Å². The van der Waals surface area contributed by atoms with Gasteiger partial charge in [-0.05, 0) is 31.9 Å². The summed E-state index contributed by atoms with van der Waals surface area (Å²) >= 11 is 0. The highest BCUT2D eigenvalue weighted by molar-refractivity contribution is 5.91. The molecule has 7 heteroatoms. The number of methoxy groups -OCH3 is 1. The van der Waals surface area contributed by atoms with E-state index in [9.17, 15) is 4.79 Å². The zero-order valence-corrected chi connectivity index (χ0v) is 12.0. The molecule has 1 aliphatic rings. The van der Waals surface area contributed by atoms with Crippen LogP contribution in [0.25, 0.3) is 0 Å². The number of nitrogens with zero attached hydrogens (tertiary/aromatic N) is 2. The Bertz CT molecular complexity index is 630. The summed E-state index contributed by atoms with van der Waals surface area (Å²) in [4.78, 5) is 16.4. The third-order valence-electron chi connectivity index (χ3n) is 3.29. The van der Waals surface area contributed by atoms with Gasteiger partial charge in [-0.1, -0.05) is 5.16 Å². The number of carbonyl (C=O) groups excluding carboxylic acids is 1. The molecule has 21 heavy (non-hydrogen) atoms. The van der Waals surface area contributed by atoms with Gasteiger partial charge in [0.2, 0.25) is 5.89 Å². The Balaban J connectivity index is 1.62. The summed E-state index contributed by atoms with van der Waals surface area (Å²) in [5, 5.41) is 6.70. The molecule has 2 aromatic rings. The van der Waals surface area contributed by atoms with E-state index in [-0.39, 0.29) is 17.7 Å². The number of amides is 1. The van der Waals surface area contributed by atoms with E-state index < -0.39 is 0 Å². The second kappa shape index (κ2) is 5.69. The van der Waals surface area contributed by atoms with Crippen LogP contribution in [0.1, 0.15) is 59.8 Å². The zero-order chi connectivity index (χ0) is 14.8. The van der Waals surface area contributed by atoms with Crippen LogP contribution in [0, 0.1) is 0 Å². The molecule has 2 aromatic heterocycles. The molecule has 0 radical (unpaired) electrons. The molecule has 112 valence electrons. The molecule has 3 rings (SSSR count). The first-order valence-corrected chi connectivity index (χ1v) is 6.89. The van der Waals surface area contributed by atoms with Crippen LogP contribution in [0.3, 0.4) is 0 Å². The molecule has 1 N–H and O–H groups in total. The van der Waals surface area contributed by atoms with Crippen molar-refractivity contribution in [3.63, 3.8) is 0 Å². The summed E-state index contributed by atoms with van der Waals surface area (Å²) < 4.78 is 15.5. The monoisotopic (exact) mass is 291 g/mol. The third kappa shape index (κ3) is 3.13. The number of nitrogens with one attached hydrogen (secondary N) is 1. The van der Waals surface area contributed by atoms with E-state index in [1.807, 2.05) is 0 Å². The van der Waals surface area contributed by atoms with Crippen molar-refractivity contribution in [2.45, 2.75) is 38.3 Å². The van der Waals surface area contributed by atoms with Crippen LogP contribution in [-0.4, -0.2) is 23.2 Å². The summed E-state index contributed by atoms with van der Waals surface area (Å²) in [5.74, 6) is 2.07. The van der Waals surface area contributed by atoms with Gasteiger partial charge in [0, 0.05) is 13.0 Å². The Hall–Kier alpha value is -2.15. The predicted octanol–water partition coefficient (Wildman–Crippen LogP) is 2.18. The molecule has 7 nitrogen and oxygen atoms in total. The van der Waals surface area contributed by atoms with Gasteiger partial charge in [-0.2, -0.15) is 4.98 Å². The molecule has 1 amide bonds. The molecule has 0 bridgehead atoms. The topological polar surface area (TPSA) is 90.4 Å². The molecule has 1 aliphatic carbocycles. The molecule has 2 heterocycles. The third-order valence-corrected chi connectivity index (χ3v) is 3.29. The van der Waals surface area contributed by atoms with Crippen molar-refractivity contribution in [2.24, 2.45) is 0 Å². The minimum absolute atomic E-state index is 0.232. The molecule has 0 saturated heterocycles. The predicted molar refractivity (Wildman–Crippen MR) is 71.6 cm³/mol. The summed E-state index contributed by atoms with van der Waals surface area (Å²) in [5.41, 5.74) is 0. The highest BCUT2D eigenvalue weighted by atomic mass is 16.5. The second-order valence-electron chi connectivity index (χ2n) is 5.16. The maximum absolute atomic E-state index is 12.1. The average molecular weight is 291 g/mol. The molecular weight excluding hydrogens is 274 g/mol. The lowest BCUT2D eigenvalue weighted by Crippen LogP contribution is -2.26. The lowest BCUT2D eigenvalue weighted by molar-refractivity contribution is 0.0896. The number of carbonyl (C=O) groups is 1. The van der Waals surface area contributed by atoms with Crippen molar-refractivity contribution >= 4 is 5.91 Å². The Morgan fingerprint density at radius 2 is 2.33 bits per heavy atom. The van der Waals surface area contributed by atoms with Gasteiger partial charge in [0.25, 0.3) is 5.91 Å². The second-order valence-corrected chi connectivity index (χ2v) is 5.16. The van der Waals surface area contributed by atoms with Crippen molar-refractivity contribution in [3.8, 4) is 0 Å². The van der Waals surface area contributed by atoms with Crippen LogP contribution < -0.4 is 5.32 Å². The van der Waals surface area contributed by atoms with E-state index in [0.29, 0.717) is 24.2 Å². The molecule has 1 saturated carbocycles. The number of aromatic nitrogens is 2. The van der Waals surface area contributed by atoms with Gasteiger partial charge in [0.15, 0.2) is 11.6 Å². The molecule has 0 spiro atoms. The largest absolute Gasteiger partial charge is 0.453 e. The Kier molecular flexibility index (Phi) is 3.74. The lowest BCUT2D eigenvalue weighted by Gasteiger charge is -2.07. The summed E-state index contributed by atoms with van der Waals surface area (Å²) in [6.45, 7) is 2.12. The van der Waals surface area contributed by atoms with E-state index in [4.69, 9.17) is 13.7 Å². The Morgan fingerprint density at radius 1 is 1.52 bits per heavy atom. The summed E-state index contributed by atoms with van der Waals surface area (Å²) in [6.07, 6.45) is 2.21.